The smallest absolute Gasteiger partial charge is 0.250 e. The van der Waals surface area contributed by atoms with Crippen LogP contribution < -0.4 is 15.4 Å². The minimum Gasteiger partial charge on any atom is -0.489 e. The van der Waals surface area contributed by atoms with E-state index in [-0.39, 0.29) is 24.3 Å². The lowest BCUT2D eigenvalue weighted by atomic mass is 9.83. The molecule has 2 N–H and O–H groups in total. The van der Waals surface area contributed by atoms with Gasteiger partial charge in [0.2, 0.25) is 11.8 Å². The minimum absolute atomic E-state index is 0.0282. The molecule has 146 valence electrons. The van der Waals surface area contributed by atoms with Crippen molar-refractivity contribution in [2.45, 2.75) is 19.3 Å². The van der Waals surface area contributed by atoms with Crippen molar-refractivity contribution in [3.63, 3.8) is 0 Å². The summed E-state index contributed by atoms with van der Waals surface area (Å²) in [6.45, 7) is 5.94. The molecule has 2 aromatic carbocycles. The van der Waals surface area contributed by atoms with Crippen molar-refractivity contribution in [2.75, 3.05) is 31.0 Å². The second-order valence-corrected chi connectivity index (χ2v) is 6.63. The Morgan fingerprint density at radius 3 is 2.82 bits per heavy atom. The fraction of sp³-hybridized carbons (Fsp3) is 0.273. The second kappa shape index (κ2) is 8.71. The van der Waals surface area contributed by atoms with E-state index in [9.17, 15) is 9.59 Å². The van der Waals surface area contributed by atoms with E-state index in [2.05, 4.69) is 17.2 Å². The SMILES string of the molecule is C=CCOc1ccccc1C1CC(=O)Nc2c1ccc(NC(=O)COC)c2C. The molecule has 28 heavy (non-hydrogen) atoms. The number of rotatable bonds is 7. The van der Waals surface area contributed by atoms with Crippen LogP contribution in [-0.2, 0) is 14.3 Å². The van der Waals surface area contributed by atoms with Crippen LogP contribution in [0.5, 0.6) is 5.75 Å². The van der Waals surface area contributed by atoms with E-state index < -0.39 is 0 Å². The molecule has 0 bridgehead atoms. The zero-order valence-electron chi connectivity index (χ0n) is 16.1. The lowest BCUT2D eigenvalue weighted by molar-refractivity contribution is -0.119. The number of methoxy groups -OCH3 is 1. The maximum absolute atomic E-state index is 12.4. The molecule has 6 nitrogen and oxygen atoms in total. The van der Waals surface area contributed by atoms with Crippen molar-refractivity contribution in [1.82, 2.24) is 0 Å². The maximum Gasteiger partial charge on any atom is 0.250 e. The number of benzene rings is 2. The Labute approximate surface area is 164 Å². The molecule has 2 aromatic rings. The number of hydrogen-bond donors (Lipinski definition) is 2. The third kappa shape index (κ3) is 4.07. The molecule has 0 fully saturated rings. The molecule has 6 heteroatoms. The first-order valence-electron chi connectivity index (χ1n) is 9.10. The molecule has 0 spiro atoms. The van der Waals surface area contributed by atoms with Gasteiger partial charge in [0.1, 0.15) is 19.0 Å². The quantitative estimate of drug-likeness (QED) is 0.720. The molecule has 1 aliphatic rings. The van der Waals surface area contributed by atoms with Crippen molar-refractivity contribution in [3.8, 4) is 5.75 Å². The molecule has 0 saturated carbocycles. The fourth-order valence-corrected chi connectivity index (χ4v) is 3.45. The summed E-state index contributed by atoms with van der Waals surface area (Å²) in [4.78, 5) is 24.3. The summed E-state index contributed by atoms with van der Waals surface area (Å²) in [7, 11) is 1.47. The van der Waals surface area contributed by atoms with Gasteiger partial charge in [-0.3, -0.25) is 9.59 Å². The molecule has 1 atom stereocenters. The molecule has 0 saturated heterocycles. The molecular weight excluding hydrogens is 356 g/mol. The van der Waals surface area contributed by atoms with Crippen molar-refractivity contribution in [1.29, 1.82) is 0 Å². The van der Waals surface area contributed by atoms with Crippen molar-refractivity contribution in [2.24, 2.45) is 0 Å². The third-order valence-electron chi connectivity index (χ3n) is 4.73. The van der Waals surface area contributed by atoms with Gasteiger partial charge in [-0.05, 0) is 30.2 Å². The number of carbonyl (C=O) groups is 2. The van der Waals surface area contributed by atoms with Crippen LogP contribution in [0.3, 0.4) is 0 Å². The number of carbonyl (C=O) groups excluding carboxylic acids is 2. The summed E-state index contributed by atoms with van der Waals surface area (Å²) in [6.07, 6.45) is 2.02. The van der Waals surface area contributed by atoms with E-state index in [1.807, 2.05) is 43.3 Å². The highest BCUT2D eigenvalue weighted by atomic mass is 16.5. The van der Waals surface area contributed by atoms with Crippen LogP contribution in [0.25, 0.3) is 0 Å². The van der Waals surface area contributed by atoms with E-state index in [4.69, 9.17) is 9.47 Å². The van der Waals surface area contributed by atoms with Crippen LogP contribution >= 0.6 is 0 Å². The van der Waals surface area contributed by atoms with Gasteiger partial charge < -0.3 is 20.1 Å². The van der Waals surface area contributed by atoms with Crippen molar-refractivity contribution < 1.29 is 19.1 Å². The predicted molar refractivity (Wildman–Crippen MR) is 109 cm³/mol. The molecule has 0 aromatic heterocycles. The van der Waals surface area contributed by atoms with Gasteiger partial charge >= 0.3 is 0 Å². The first-order chi connectivity index (χ1) is 13.5. The van der Waals surface area contributed by atoms with E-state index in [0.29, 0.717) is 18.7 Å². The summed E-state index contributed by atoms with van der Waals surface area (Å²) >= 11 is 0. The summed E-state index contributed by atoms with van der Waals surface area (Å²) in [5.41, 5.74) is 4.14. The first kappa shape index (κ1) is 19.6. The number of para-hydroxylation sites is 1. The van der Waals surface area contributed by atoms with Crippen LogP contribution in [0.15, 0.2) is 49.1 Å². The van der Waals surface area contributed by atoms with Crippen LogP contribution in [0.1, 0.15) is 29.0 Å². The second-order valence-electron chi connectivity index (χ2n) is 6.63. The number of amides is 2. The van der Waals surface area contributed by atoms with E-state index in [1.54, 1.807) is 6.08 Å². The topological polar surface area (TPSA) is 76.7 Å². The van der Waals surface area contributed by atoms with Gasteiger partial charge in [0.25, 0.3) is 0 Å². The summed E-state index contributed by atoms with van der Waals surface area (Å²) in [6, 6.07) is 11.5. The van der Waals surface area contributed by atoms with Crippen molar-refractivity contribution in [3.05, 3.63) is 65.7 Å². The van der Waals surface area contributed by atoms with E-state index in [1.165, 1.54) is 7.11 Å². The number of anilines is 2. The van der Waals surface area contributed by atoms with Crippen LogP contribution in [0.2, 0.25) is 0 Å². The Balaban J connectivity index is 2.01. The largest absolute Gasteiger partial charge is 0.489 e. The molecule has 1 unspecified atom stereocenters. The molecule has 0 aliphatic carbocycles. The molecule has 2 amide bonds. The fourth-order valence-electron chi connectivity index (χ4n) is 3.45. The predicted octanol–water partition coefficient (Wildman–Crippen LogP) is 3.62. The Kier molecular flexibility index (Phi) is 6.11. The molecule has 0 radical (unpaired) electrons. The third-order valence-corrected chi connectivity index (χ3v) is 4.73. The minimum atomic E-state index is -0.243. The average molecular weight is 380 g/mol. The highest BCUT2D eigenvalue weighted by Crippen LogP contribution is 2.43. The van der Waals surface area contributed by atoms with E-state index >= 15 is 0 Å². The molecular formula is C22H24N2O4. The summed E-state index contributed by atoms with van der Waals surface area (Å²) in [5, 5.41) is 5.78. The summed E-state index contributed by atoms with van der Waals surface area (Å²) in [5.74, 6) is 0.294. The maximum atomic E-state index is 12.4. The monoisotopic (exact) mass is 380 g/mol. The van der Waals surface area contributed by atoms with Gasteiger partial charge in [0.05, 0.1) is 0 Å². The number of hydrogen-bond acceptors (Lipinski definition) is 4. The summed E-state index contributed by atoms with van der Waals surface area (Å²) < 4.78 is 10.7. The van der Waals surface area contributed by atoms with Crippen LogP contribution in [0, 0.1) is 6.92 Å². The van der Waals surface area contributed by atoms with Gasteiger partial charge in [0.15, 0.2) is 0 Å². The molecule has 3 rings (SSSR count). The lowest BCUT2D eigenvalue weighted by Crippen LogP contribution is -2.25. The van der Waals surface area contributed by atoms with Crippen LogP contribution in [-0.4, -0.2) is 32.1 Å². The Morgan fingerprint density at radius 2 is 2.07 bits per heavy atom. The molecule has 1 aliphatic heterocycles. The Hall–Kier alpha value is -3.12. The van der Waals surface area contributed by atoms with E-state index in [0.717, 1.165) is 28.1 Å². The standard InChI is InChI=1S/C22H24N2O4/c1-4-11-28-19-8-6-5-7-15(19)17-12-20(25)24-22-14(2)18(10-9-16(17)22)23-21(26)13-27-3/h4-10,17H,1,11-13H2,2-3H3,(H,23,26)(H,24,25). The van der Waals surface area contributed by atoms with Gasteiger partial charge in [-0.25, -0.2) is 0 Å². The van der Waals surface area contributed by atoms with Gasteiger partial charge in [0, 0.05) is 36.4 Å². The van der Waals surface area contributed by atoms with Gasteiger partial charge in [-0.1, -0.05) is 36.9 Å². The Morgan fingerprint density at radius 1 is 1.29 bits per heavy atom. The highest BCUT2D eigenvalue weighted by molar-refractivity contribution is 5.99. The normalized spacial score (nSPS) is 15.4. The average Bonchev–Trinajstić information content (AvgIpc) is 2.69. The molecule has 1 heterocycles. The zero-order valence-corrected chi connectivity index (χ0v) is 16.1. The Bertz CT molecular complexity index is 907. The zero-order chi connectivity index (χ0) is 20.1. The van der Waals surface area contributed by atoms with Gasteiger partial charge in [-0.15, -0.1) is 0 Å². The number of nitrogens with one attached hydrogen (secondary N) is 2. The first-order valence-corrected chi connectivity index (χ1v) is 9.10. The lowest BCUT2D eigenvalue weighted by Gasteiger charge is -2.29. The number of ether oxygens (including phenoxy) is 2. The van der Waals surface area contributed by atoms with Crippen molar-refractivity contribution >= 4 is 23.2 Å². The number of fused-ring (bicyclic) bond motifs is 1. The van der Waals surface area contributed by atoms with Crippen LogP contribution in [0.4, 0.5) is 11.4 Å². The van der Waals surface area contributed by atoms with Gasteiger partial charge in [-0.2, -0.15) is 0 Å². The highest BCUT2D eigenvalue weighted by Gasteiger charge is 2.30.